The molecule has 5 nitrogen and oxygen atoms in total. The van der Waals surface area contributed by atoms with E-state index in [4.69, 9.17) is 4.74 Å². The number of hydrogen-bond donors (Lipinski definition) is 3. The van der Waals surface area contributed by atoms with Gasteiger partial charge < -0.3 is 20.5 Å². The maximum Gasteiger partial charge on any atom is 0.319 e. The molecule has 1 saturated carbocycles. The Morgan fingerprint density at radius 2 is 1.68 bits per heavy atom. The van der Waals surface area contributed by atoms with Crippen molar-refractivity contribution in [3.05, 3.63) is 60.2 Å². The van der Waals surface area contributed by atoms with Crippen molar-refractivity contribution in [2.75, 3.05) is 5.32 Å². The van der Waals surface area contributed by atoms with Crippen LogP contribution in [0.1, 0.15) is 31.2 Å². The highest BCUT2D eigenvalue weighted by atomic mass is 16.5. The Labute approximate surface area is 148 Å². The summed E-state index contributed by atoms with van der Waals surface area (Å²) in [5, 5.41) is 15.4. The molecule has 0 saturated heterocycles. The number of hydrogen-bond acceptors (Lipinski definition) is 3. The first kappa shape index (κ1) is 17.3. The van der Waals surface area contributed by atoms with E-state index in [9.17, 15) is 9.90 Å². The first-order valence-electron chi connectivity index (χ1n) is 8.72. The fraction of sp³-hybridized carbons (Fsp3) is 0.350. The van der Waals surface area contributed by atoms with E-state index in [0.717, 1.165) is 42.7 Å². The van der Waals surface area contributed by atoms with E-state index in [0.29, 0.717) is 6.61 Å². The lowest BCUT2D eigenvalue weighted by molar-refractivity contribution is 0.118. The maximum absolute atomic E-state index is 12.3. The van der Waals surface area contributed by atoms with Crippen LogP contribution >= 0.6 is 0 Å². The summed E-state index contributed by atoms with van der Waals surface area (Å²) >= 11 is 0. The van der Waals surface area contributed by atoms with Crippen LogP contribution in [0.3, 0.4) is 0 Å². The van der Waals surface area contributed by atoms with Gasteiger partial charge in [-0.05, 0) is 43.9 Å². The monoisotopic (exact) mass is 340 g/mol. The van der Waals surface area contributed by atoms with Crippen LogP contribution in [-0.2, 0) is 6.61 Å². The number of amides is 2. The van der Waals surface area contributed by atoms with Crippen molar-refractivity contribution in [3.63, 3.8) is 0 Å². The van der Waals surface area contributed by atoms with Gasteiger partial charge in [0.15, 0.2) is 0 Å². The molecular weight excluding hydrogens is 316 g/mol. The molecule has 2 amide bonds. The van der Waals surface area contributed by atoms with Crippen molar-refractivity contribution in [3.8, 4) is 5.75 Å². The zero-order valence-electron chi connectivity index (χ0n) is 14.2. The van der Waals surface area contributed by atoms with Crippen LogP contribution in [0.2, 0.25) is 0 Å². The Balaban J connectivity index is 1.56. The topological polar surface area (TPSA) is 70.6 Å². The normalized spacial score (nSPS) is 19.9. The zero-order valence-corrected chi connectivity index (χ0v) is 14.2. The Hall–Kier alpha value is -2.53. The highest BCUT2D eigenvalue weighted by Crippen LogP contribution is 2.20. The summed E-state index contributed by atoms with van der Waals surface area (Å²) in [5.74, 6) is 0.794. The predicted molar refractivity (Wildman–Crippen MR) is 97.6 cm³/mol. The number of nitrogens with one attached hydrogen (secondary N) is 2. The number of benzene rings is 2. The third-order valence-corrected chi connectivity index (χ3v) is 4.44. The molecule has 0 aliphatic heterocycles. The van der Waals surface area contributed by atoms with Gasteiger partial charge in [0.25, 0.3) is 0 Å². The Kier molecular flexibility index (Phi) is 5.90. The van der Waals surface area contributed by atoms with Crippen molar-refractivity contribution >= 4 is 11.7 Å². The van der Waals surface area contributed by atoms with Crippen molar-refractivity contribution in [1.82, 2.24) is 5.32 Å². The highest BCUT2D eigenvalue weighted by molar-refractivity contribution is 5.90. The van der Waals surface area contributed by atoms with Crippen LogP contribution in [-0.4, -0.2) is 23.3 Å². The largest absolute Gasteiger partial charge is 0.489 e. The first-order valence-corrected chi connectivity index (χ1v) is 8.72. The number of urea groups is 1. The van der Waals surface area contributed by atoms with E-state index in [1.165, 1.54) is 0 Å². The van der Waals surface area contributed by atoms with Crippen molar-refractivity contribution in [2.45, 2.75) is 44.4 Å². The lowest BCUT2D eigenvalue weighted by Gasteiger charge is -2.26. The molecular formula is C20H24N2O3. The van der Waals surface area contributed by atoms with Gasteiger partial charge in [-0.15, -0.1) is 0 Å². The lowest BCUT2D eigenvalue weighted by atomic mass is 9.93. The Morgan fingerprint density at radius 1 is 1.00 bits per heavy atom. The molecule has 5 heteroatoms. The molecule has 2 aromatic rings. The Bertz CT molecular complexity index is 682. The molecule has 1 aliphatic rings. The third kappa shape index (κ3) is 5.22. The van der Waals surface area contributed by atoms with Crippen LogP contribution < -0.4 is 15.4 Å². The van der Waals surface area contributed by atoms with Gasteiger partial charge in [-0.2, -0.15) is 0 Å². The fourth-order valence-corrected chi connectivity index (χ4v) is 3.01. The van der Waals surface area contributed by atoms with Crippen LogP contribution in [0.15, 0.2) is 54.6 Å². The smallest absolute Gasteiger partial charge is 0.319 e. The van der Waals surface area contributed by atoms with Crippen LogP contribution in [0.25, 0.3) is 0 Å². The molecule has 2 aromatic carbocycles. The average Bonchev–Trinajstić information content (AvgIpc) is 2.64. The van der Waals surface area contributed by atoms with E-state index in [-0.39, 0.29) is 18.2 Å². The fourth-order valence-electron chi connectivity index (χ4n) is 3.01. The van der Waals surface area contributed by atoms with Crippen molar-refractivity contribution in [2.24, 2.45) is 0 Å². The molecule has 0 aromatic heterocycles. The minimum absolute atomic E-state index is 0.121. The van der Waals surface area contributed by atoms with Gasteiger partial charge in [0.2, 0.25) is 0 Å². The minimum atomic E-state index is -0.225. The molecule has 3 N–H and O–H groups in total. The minimum Gasteiger partial charge on any atom is -0.489 e. The summed E-state index contributed by atoms with van der Waals surface area (Å²) < 4.78 is 5.78. The molecule has 0 spiro atoms. The number of carbonyl (C=O) groups is 1. The summed E-state index contributed by atoms with van der Waals surface area (Å²) in [6.07, 6.45) is 2.89. The number of aliphatic hydroxyl groups is 1. The van der Waals surface area contributed by atoms with E-state index in [2.05, 4.69) is 10.6 Å². The third-order valence-electron chi connectivity index (χ3n) is 4.44. The molecule has 0 radical (unpaired) electrons. The van der Waals surface area contributed by atoms with Crippen LogP contribution in [0.4, 0.5) is 10.5 Å². The van der Waals surface area contributed by atoms with Gasteiger partial charge in [-0.1, -0.05) is 36.4 Å². The SMILES string of the molecule is O=C(Nc1ccccc1COc1ccccc1)NC1CCC(O)CC1. The molecule has 3 rings (SSSR count). The second-order valence-corrected chi connectivity index (χ2v) is 6.36. The Morgan fingerprint density at radius 3 is 2.44 bits per heavy atom. The first-order chi connectivity index (χ1) is 12.2. The van der Waals surface area contributed by atoms with Crippen LogP contribution in [0.5, 0.6) is 5.75 Å². The second-order valence-electron chi connectivity index (χ2n) is 6.36. The van der Waals surface area contributed by atoms with E-state index < -0.39 is 0 Å². The maximum atomic E-state index is 12.3. The molecule has 25 heavy (non-hydrogen) atoms. The van der Waals surface area contributed by atoms with Gasteiger partial charge in [0.05, 0.1) is 6.10 Å². The molecule has 0 bridgehead atoms. The van der Waals surface area contributed by atoms with Crippen molar-refractivity contribution in [1.29, 1.82) is 0 Å². The molecule has 1 fully saturated rings. The van der Waals surface area contributed by atoms with Gasteiger partial charge in [0, 0.05) is 17.3 Å². The molecule has 0 atom stereocenters. The van der Waals surface area contributed by atoms with E-state index in [1.54, 1.807) is 0 Å². The van der Waals surface area contributed by atoms with Crippen molar-refractivity contribution < 1.29 is 14.6 Å². The van der Waals surface area contributed by atoms with E-state index in [1.807, 2.05) is 54.6 Å². The summed E-state index contributed by atoms with van der Waals surface area (Å²) in [6.45, 7) is 0.385. The summed E-state index contributed by atoms with van der Waals surface area (Å²) in [4.78, 5) is 12.3. The number of para-hydroxylation sites is 2. The number of aliphatic hydroxyl groups excluding tert-OH is 1. The van der Waals surface area contributed by atoms with Gasteiger partial charge in [0.1, 0.15) is 12.4 Å². The number of anilines is 1. The van der Waals surface area contributed by atoms with E-state index >= 15 is 0 Å². The predicted octanol–water partition coefficient (Wildman–Crippen LogP) is 3.69. The quantitative estimate of drug-likeness (QED) is 0.777. The van der Waals surface area contributed by atoms with Gasteiger partial charge in [-0.25, -0.2) is 4.79 Å². The number of rotatable bonds is 5. The molecule has 0 unspecified atom stereocenters. The van der Waals surface area contributed by atoms with Gasteiger partial charge in [-0.3, -0.25) is 0 Å². The zero-order chi connectivity index (χ0) is 17.5. The second kappa shape index (κ2) is 8.53. The molecule has 132 valence electrons. The number of carbonyl (C=O) groups excluding carboxylic acids is 1. The number of ether oxygens (including phenoxy) is 1. The summed E-state index contributed by atoms with van der Waals surface area (Å²) in [5.41, 5.74) is 1.66. The summed E-state index contributed by atoms with van der Waals surface area (Å²) in [6, 6.07) is 17.1. The summed E-state index contributed by atoms with van der Waals surface area (Å²) in [7, 11) is 0. The molecule has 0 heterocycles. The standard InChI is InChI=1S/C20H24N2O3/c23-17-12-10-16(11-13-17)21-20(24)22-19-9-5-4-6-15(19)14-25-18-7-2-1-3-8-18/h1-9,16-17,23H,10-14H2,(H2,21,22,24). The van der Waals surface area contributed by atoms with Gasteiger partial charge >= 0.3 is 6.03 Å². The average molecular weight is 340 g/mol. The molecule has 1 aliphatic carbocycles. The lowest BCUT2D eigenvalue weighted by Crippen LogP contribution is -2.41. The van der Waals surface area contributed by atoms with Crippen LogP contribution in [0, 0.1) is 0 Å². The highest BCUT2D eigenvalue weighted by Gasteiger charge is 2.21.